The SMILES string of the molecule is c1ccc(-c2nc(-c3ccccc3)nc(-c3cccc(-c4ccc5c(c4)sc4cccc(-c6ccc7c(c6)oc6ccccc67)c45)c3)n2)cc1. The lowest BCUT2D eigenvalue weighted by molar-refractivity contribution is 0.669. The molecule has 3 heterocycles. The zero-order valence-electron chi connectivity index (χ0n) is 26.7. The first-order chi connectivity index (χ1) is 24.7. The molecule has 10 rings (SSSR count). The Morgan fingerprint density at radius 2 is 0.940 bits per heavy atom. The summed E-state index contributed by atoms with van der Waals surface area (Å²) in [5, 5.41) is 4.81. The van der Waals surface area contributed by atoms with E-state index in [-0.39, 0.29) is 0 Å². The van der Waals surface area contributed by atoms with Gasteiger partial charge in [-0.15, -0.1) is 11.3 Å². The van der Waals surface area contributed by atoms with E-state index in [0.717, 1.165) is 55.3 Å². The summed E-state index contributed by atoms with van der Waals surface area (Å²) in [6.07, 6.45) is 0. The number of benzene rings is 7. The Morgan fingerprint density at radius 1 is 0.360 bits per heavy atom. The molecule has 0 aliphatic heterocycles. The number of fused-ring (bicyclic) bond motifs is 6. The van der Waals surface area contributed by atoms with Crippen LogP contribution in [-0.2, 0) is 0 Å². The molecule has 0 spiro atoms. The third kappa shape index (κ3) is 4.87. The highest BCUT2D eigenvalue weighted by Gasteiger charge is 2.16. The summed E-state index contributed by atoms with van der Waals surface area (Å²) in [5.41, 5.74) is 9.31. The molecule has 234 valence electrons. The van der Waals surface area contributed by atoms with Crippen molar-refractivity contribution in [2.75, 3.05) is 0 Å². The van der Waals surface area contributed by atoms with Crippen LogP contribution in [0.4, 0.5) is 0 Å². The fourth-order valence-corrected chi connectivity index (χ4v) is 8.09. The maximum atomic E-state index is 6.25. The Hall–Kier alpha value is -6.43. The van der Waals surface area contributed by atoms with Crippen molar-refractivity contribution in [3.8, 4) is 56.4 Å². The van der Waals surface area contributed by atoms with Gasteiger partial charge in [0, 0.05) is 47.6 Å². The molecule has 0 aliphatic rings. The third-order valence-electron chi connectivity index (χ3n) is 9.34. The van der Waals surface area contributed by atoms with Gasteiger partial charge in [-0.25, -0.2) is 15.0 Å². The highest BCUT2D eigenvalue weighted by atomic mass is 32.1. The minimum atomic E-state index is 0.647. The summed E-state index contributed by atoms with van der Waals surface area (Å²) in [7, 11) is 0. The van der Waals surface area contributed by atoms with Crippen LogP contribution in [0.5, 0.6) is 0 Å². The van der Waals surface area contributed by atoms with Gasteiger partial charge in [0.15, 0.2) is 17.5 Å². The molecule has 0 atom stereocenters. The zero-order chi connectivity index (χ0) is 33.0. The van der Waals surface area contributed by atoms with E-state index in [1.165, 1.54) is 25.7 Å². The molecule has 0 saturated heterocycles. The van der Waals surface area contributed by atoms with E-state index >= 15 is 0 Å². The number of aromatic nitrogens is 3. The molecule has 4 nitrogen and oxygen atoms in total. The van der Waals surface area contributed by atoms with Crippen LogP contribution in [0.2, 0.25) is 0 Å². The summed E-state index contributed by atoms with van der Waals surface area (Å²) < 4.78 is 8.76. The van der Waals surface area contributed by atoms with Gasteiger partial charge in [0.2, 0.25) is 0 Å². The summed E-state index contributed by atoms with van der Waals surface area (Å²) in [6.45, 7) is 0. The molecule has 7 aromatic carbocycles. The molecule has 0 fully saturated rings. The number of hydrogen-bond acceptors (Lipinski definition) is 5. The Morgan fingerprint density at radius 3 is 1.72 bits per heavy atom. The summed E-state index contributed by atoms with van der Waals surface area (Å²) >= 11 is 1.83. The fraction of sp³-hybridized carbons (Fsp3) is 0. The van der Waals surface area contributed by atoms with Crippen molar-refractivity contribution in [3.05, 3.63) is 164 Å². The topological polar surface area (TPSA) is 51.8 Å². The summed E-state index contributed by atoms with van der Waals surface area (Å²) in [4.78, 5) is 14.8. The monoisotopic (exact) mass is 657 g/mol. The maximum absolute atomic E-state index is 6.25. The second-order valence-corrected chi connectivity index (χ2v) is 13.5. The molecule has 0 unspecified atom stereocenters. The van der Waals surface area contributed by atoms with Crippen molar-refractivity contribution in [1.29, 1.82) is 0 Å². The highest BCUT2D eigenvalue weighted by molar-refractivity contribution is 7.26. The van der Waals surface area contributed by atoms with Gasteiger partial charge in [0.25, 0.3) is 0 Å². The molecule has 5 heteroatoms. The quantitative estimate of drug-likeness (QED) is 0.185. The molecule has 0 amide bonds. The number of rotatable bonds is 5. The van der Waals surface area contributed by atoms with Crippen LogP contribution in [0, 0.1) is 0 Å². The number of furan rings is 1. The first kappa shape index (κ1) is 28.6. The van der Waals surface area contributed by atoms with Gasteiger partial charge < -0.3 is 4.42 Å². The molecular weight excluding hydrogens is 631 g/mol. The predicted molar refractivity (Wildman–Crippen MR) is 207 cm³/mol. The lowest BCUT2D eigenvalue weighted by Gasteiger charge is -2.10. The van der Waals surface area contributed by atoms with Gasteiger partial charge in [-0.3, -0.25) is 0 Å². The largest absolute Gasteiger partial charge is 0.456 e. The normalized spacial score (nSPS) is 11.6. The molecule has 10 aromatic rings. The van der Waals surface area contributed by atoms with Crippen molar-refractivity contribution in [2.24, 2.45) is 0 Å². The molecule has 3 aromatic heterocycles. The first-order valence-corrected chi connectivity index (χ1v) is 17.4. The number of nitrogens with zero attached hydrogens (tertiary/aromatic N) is 3. The minimum Gasteiger partial charge on any atom is -0.456 e. The second-order valence-electron chi connectivity index (χ2n) is 12.4. The number of hydrogen-bond donors (Lipinski definition) is 0. The van der Waals surface area contributed by atoms with E-state index in [2.05, 4.69) is 91.0 Å². The van der Waals surface area contributed by atoms with E-state index in [4.69, 9.17) is 19.4 Å². The van der Waals surface area contributed by atoms with Crippen LogP contribution >= 0.6 is 11.3 Å². The lowest BCUT2D eigenvalue weighted by Crippen LogP contribution is -2.00. The molecule has 0 N–H and O–H groups in total. The maximum Gasteiger partial charge on any atom is 0.164 e. The van der Waals surface area contributed by atoms with Gasteiger partial charge >= 0.3 is 0 Å². The highest BCUT2D eigenvalue weighted by Crippen LogP contribution is 2.43. The van der Waals surface area contributed by atoms with E-state index < -0.39 is 0 Å². The van der Waals surface area contributed by atoms with E-state index in [1.54, 1.807) is 0 Å². The van der Waals surface area contributed by atoms with Crippen molar-refractivity contribution in [1.82, 2.24) is 15.0 Å². The van der Waals surface area contributed by atoms with Crippen LogP contribution in [0.3, 0.4) is 0 Å². The Labute approximate surface area is 292 Å². The van der Waals surface area contributed by atoms with Gasteiger partial charge in [0.05, 0.1) is 0 Å². The minimum absolute atomic E-state index is 0.647. The van der Waals surface area contributed by atoms with Crippen LogP contribution in [0.1, 0.15) is 0 Å². The average Bonchev–Trinajstić information content (AvgIpc) is 3.76. The van der Waals surface area contributed by atoms with Crippen LogP contribution in [-0.4, -0.2) is 15.0 Å². The molecule has 0 bridgehead atoms. The standard InChI is InChI=1S/C45H27N3OS/c1-3-11-28(12-4-1)43-46-44(29-13-5-2-6-14-29)48-45(47-43)33-16-9-15-30(25-33)31-21-24-37-41(27-31)50-40-20-10-18-34(42(37)40)32-22-23-36-35-17-7-8-19-38(35)49-39(36)26-32/h1-27H. The lowest BCUT2D eigenvalue weighted by atomic mass is 9.97. The van der Waals surface area contributed by atoms with Gasteiger partial charge in [-0.05, 0) is 58.7 Å². The number of thiophene rings is 1. The van der Waals surface area contributed by atoms with Crippen molar-refractivity contribution in [3.63, 3.8) is 0 Å². The van der Waals surface area contributed by atoms with Gasteiger partial charge in [0.1, 0.15) is 11.2 Å². The third-order valence-corrected chi connectivity index (χ3v) is 10.5. The first-order valence-electron chi connectivity index (χ1n) is 16.6. The predicted octanol–water partition coefficient (Wildman–Crippen LogP) is 12.5. The van der Waals surface area contributed by atoms with Gasteiger partial charge in [-0.1, -0.05) is 127 Å². The zero-order valence-corrected chi connectivity index (χ0v) is 27.6. The molecular formula is C45H27N3OS. The summed E-state index contributed by atoms with van der Waals surface area (Å²) in [6, 6.07) is 56.9. The van der Waals surface area contributed by atoms with E-state index in [0.29, 0.717) is 17.5 Å². The Bertz CT molecular complexity index is 2820. The van der Waals surface area contributed by atoms with Crippen molar-refractivity contribution >= 4 is 53.4 Å². The van der Waals surface area contributed by atoms with E-state index in [9.17, 15) is 0 Å². The fourth-order valence-electron chi connectivity index (χ4n) is 6.91. The van der Waals surface area contributed by atoms with E-state index in [1.807, 2.05) is 84.1 Å². The second kappa shape index (κ2) is 11.6. The van der Waals surface area contributed by atoms with Gasteiger partial charge in [-0.2, -0.15) is 0 Å². The number of para-hydroxylation sites is 1. The molecule has 0 saturated carbocycles. The van der Waals surface area contributed by atoms with Crippen LogP contribution < -0.4 is 0 Å². The summed E-state index contributed by atoms with van der Waals surface area (Å²) in [5.74, 6) is 1.96. The van der Waals surface area contributed by atoms with Crippen molar-refractivity contribution in [2.45, 2.75) is 0 Å². The van der Waals surface area contributed by atoms with Crippen LogP contribution in [0.25, 0.3) is 98.5 Å². The molecule has 0 aliphatic carbocycles. The van der Waals surface area contributed by atoms with Crippen LogP contribution in [0.15, 0.2) is 168 Å². The van der Waals surface area contributed by atoms with Crippen molar-refractivity contribution < 1.29 is 4.42 Å². The average molecular weight is 658 g/mol. The molecule has 0 radical (unpaired) electrons. The molecule has 50 heavy (non-hydrogen) atoms. The Balaban J connectivity index is 1.06. The Kier molecular flexibility index (Phi) is 6.64. The smallest absolute Gasteiger partial charge is 0.164 e.